The molecule has 0 spiro atoms. The minimum absolute atomic E-state index is 0.0365. The van der Waals surface area contributed by atoms with Crippen LogP contribution in [0, 0.1) is 29.3 Å². The van der Waals surface area contributed by atoms with Gasteiger partial charge in [0.2, 0.25) is 0 Å². The molecule has 0 aliphatic rings. The second-order valence-corrected chi connectivity index (χ2v) is 8.48. The first kappa shape index (κ1) is 23.6. The Morgan fingerprint density at radius 2 is 1.44 bits per heavy atom. The number of fused-ring (bicyclic) bond motifs is 1. The van der Waals surface area contributed by atoms with Gasteiger partial charge in [-0.05, 0) is 78.6 Å². The highest BCUT2D eigenvalue weighted by Gasteiger charge is 2.13. The highest BCUT2D eigenvalue weighted by atomic mass is 19.2. The third-order valence-electron chi connectivity index (χ3n) is 5.90. The van der Waals surface area contributed by atoms with Crippen molar-refractivity contribution in [2.24, 2.45) is 0 Å². The number of nitrogens with zero attached hydrogens (tertiary/aromatic N) is 1. The van der Waals surface area contributed by atoms with Crippen LogP contribution in [0.15, 0.2) is 66.9 Å². The van der Waals surface area contributed by atoms with Crippen LogP contribution in [-0.4, -0.2) is 4.98 Å². The van der Waals surface area contributed by atoms with Crippen LogP contribution in [0.4, 0.5) is 13.2 Å². The van der Waals surface area contributed by atoms with Crippen molar-refractivity contribution in [3.05, 3.63) is 112 Å². The summed E-state index contributed by atoms with van der Waals surface area (Å²) in [5, 5.41) is 0.315. The average molecular weight is 458 g/mol. The SMILES string of the molecule is CCCCCc1ccc(CCc2ccc(C#Cc3ccc4c(F)c(F)c(F)cc4c3)cc2)nc1. The summed E-state index contributed by atoms with van der Waals surface area (Å²) in [5.41, 5.74) is 5.04. The van der Waals surface area contributed by atoms with Crippen LogP contribution < -0.4 is 0 Å². The maximum atomic E-state index is 13.9. The fraction of sp³-hybridized carbons (Fsp3) is 0.233. The zero-order chi connectivity index (χ0) is 23.9. The molecule has 172 valence electrons. The number of rotatable bonds is 7. The Hall–Kier alpha value is -3.58. The van der Waals surface area contributed by atoms with Gasteiger partial charge in [-0.25, -0.2) is 13.2 Å². The minimum Gasteiger partial charge on any atom is -0.261 e. The molecule has 0 N–H and O–H groups in total. The van der Waals surface area contributed by atoms with Gasteiger partial charge in [-0.3, -0.25) is 4.98 Å². The van der Waals surface area contributed by atoms with Crippen LogP contribution in [-0.2, 0) is 19.3 Å². The van der Waals surface area contributed by atoms with Crippen molar-refractivity contribution in [3.8, 4) is 11.8 Å². The Bertz CT molecular complexity index is 1330. The van der Waals surface area contributed by atoms with Gasteiger partial charge in [0.25, 0.3) is 0 Å². The number of hydrogen-bond acceptors (Lipinski definition) is 1. The summed E-state index contributed by atoms with van der Waals surface area (Å²) in [4.78, 5) is 4.60. The van der Waals surface area contributed by atoms with E-state index < -0.39 is 17.5 Å². The van der Waals surface area contributed by atoms with Crippen molar-refractivity contribution in [1.82, 2.24) is 4.98 Å². The third-order valence-corrected chi connectivity index (χ3v) is 5.90. The molecule has 0 saturated heterocycles. The average Bonchev–Trinajstić information content (AvgIpc) is 2.86. The molecule has 0 bridgehead atoms. The Kier molecular flexibility index (Phi) is 7.65. The zero-order valence-corrected chi connectivity index (χ0v) is 19.2. The molecule has 1 heterocycles. The fourth-order valence-corrected chi connectivity index (χ4v) is 3.88. The molecular weight excluding hydrogens is 431 g/mol. The molecule has 0 fully saturated rings. The van der Waals surface area contributed by atoms with Crippen LogP contribution in [0.3, 0.4) is 0 Å². The van der Waals surface area contributed by atoms with Crippen LogP contribution in [0.1, 0.15) is 54.1 Å². The van der Waals surface area contributed by atoms with Gasteiger partial charge in [0.05, 0.1) is 0 Å². The fourth-order valence-electron chi connectivity index (χ4n) is 3.88. The van der Waals surface area contributed by atoms with Crippen molar-refractivity contribution in [3.63, 3.8) is 0 Å². The third kappa shape index (κ3) is 5.85. The topological polar surface area (TPSA) is 12.9 Å². The van der Waals surface area contributed by atoms with Crippen molar-refractivity contribution < 1.29 is 13.2 Å². The van der Waals surface area contributed by atoms with Crippen LogP contribution in [0.2, 0.25) is 0 Å². The summed E-state index contributed by atoms with van der Waals surface area (Å²) >= 11 is 0. The number of unbranched alkanes of at least 4 members (excludes halogenated alkanes) is 2. The van der Waals surface area contributed by atoms with E-state index in [4.69, 9.17) is 0 Å². The molecule has 0 aliphatic carbocycles. The number of aryl methyl sites for hydroxylation is 3. The molecule has 0 saturated carbocycles. The number of pyridine rings is 1. The van der Waals surface area contributed by atoms with Crippen molar-refractivity contribution >= 4 is 10.8 Å². The van der Waals surface area contributed by atoms with E-state index in [1.54, 1.807) is 12.1 Å². The molecule has 0 atom stereocenters. The largest absolute Gasteiger partial charge is 0.261 e. The maximum absolute atomic E-state index is 13.9. The Balaban J connectivity index is 1.37. The predicted molar refractivity (Wildman–Crippen MR) is 131 cm³/mol. The maximum Gasteiger partial charge on any atom is 0.195 e. The monoisotopic (exact) mass is 457 g/mol. The van der Waals surface area contributed by atoms with E-state index in [0.29, 0.717) is 5.56 Å². The molecule has 0 radical (unpaired) electrons. The normalized spacial score (nSPS) is 10.8. The minimum atomic E-state index is -1.46. The lowest BCUT2D eigenvalue weighted by Crippen LogP contribution is -1.96. The molecule has 34 heavy (non-hydrogen) atoms. The van der Waals surface area contributed by atoms with Gasteiger partial charge in [0.1, 0.15) is 0 Å². The Morgan fingerprint density at radius 3 is 2.18 bits per heavy atom. The van der Waals surface area contributed by atoms with E-state index in [1.807, 2.05) is 18.3 Å². The van der Waals surface area contributed by atoms with E-state index >= 15 is 0 Å². The second kappa shape index (κ2) is 11.0. The molecule has 1 nitrogen and oxygen atoms in total. The van der Waals surface area contributed by atoms with Gasteiger partial charge in [-0.1, -0.05) is 55.9 Å². The summed E-state index contributed by atoms with van der Waals surface area (Å²) in [5.74, 6) is 2.24. The number of hydrogen-bond donors (Lipinski definition) is 0. The second-order valence-electron chi connectivity index (χ2n) is 8.48. The quantitative estimate of drug-likeness (QED) is 0.158. The van der Waals surface area contributed by atoms with E-state index in [-0.39, 0.29) is 10.8 Å². The first-order valence-electron chi connectivity index (χ1n) is 11.7. The van der Waals surface area contributed by atoms with Gasteiger partial charge in [0, 0.05) is 28.4 Å². The highest BCUT2D eigenvalue weighted by Crippen LogP contribution is 2.24. The predicted octanol–water partition coefficient (Wildman–Crippen LogP) is 7.57. The van der Waals surface area contributed by atoms with Gasteiger partial charge in [-0.15, -0.1) is 0 Å². The summed E-state index contributed by atoms with van der Waals surface area (Å²) in [7, 11) is 0. The van der Waals surface area contributed by atoms with Gasteiger partial charge in [-0.2, -0.15) is 0 Å². The number of aromatic nitrogens is 1. The van der Waals surface area contributed by atoms with Crippen molar-refractivity contribution in [1.29, 1.82) is 0 Å². The zero-order valence-electron chi connectivity index (χ0n) is 19.2. The van der Waals surface area contributed by atoms with Gasteiger partial charge in [0.15, 0.2) is 17.5 Å². The van der Waals surface area contributed by atoms with Crippen LogP contribution in [0.5, 0.6) is 0 Å². The molecule has 4 aromatic rings. The summed E-state index contributed by atoms with van der Waals surface area (Å²) in [6.45, 7) is 2.21. The molecule has 1 aromatic heterocycles. The standard InChI is InChI=1S/C30H26F3N/c1-2-3-4-5-24-13-16-26(34-20-24)15-12-22-8-6-21(7-9-22)10-11-23-14-17-27-25(18-23)19-28(31)30(33)29(27)32/h6-9,13-14,16-20H,2-5,12,15H2,1H3. The molecule has 4 heteroatoms. The first-order valence-corrected chi connectivity index (χ1v) is 11.7. The lowest BCUT2D eigenvalue weighted by Gasteiger charge is -2.04. The van der Waals surface area contributed by atoms with Gasteiger partial charge >= 0.3 is 0 Å². The number of halogens is 3. The molecule has 4 rings (SSSR count). The van der Waals surface area contributed by atoms with Gasteiger partial charge < -0.3 is 0 Å². The van der Waals surface area contributed by atoms with E-state index in [1.165, 1.54) is 36.5 Å². The first-order chi connectivity index (χ1) is 16.5. The number of benzene rings is 3. The lowest BCUT2D eigenvalue weighted by atomic mass is 10.0. The lowest BCUT2D eigenvalue weighted by molar-refractivity contribution is 0.453. The molecule has 0 aliphatic heterocycles. The van der Waals surface area contributed by atoms with E-state index in [2.05, 4.69) is 48.0 Å². The van der Waals surface area contributed by atoms with Crippen molar-refractivity contribution in [2.75, 3.05) is 0 Å². The molecule has 3 aromatic carbocycles. The van der Waals surface area contributed by atoms with Crippen LogP contribution >= 0.6 is 0 Å². The highest BCUT2D eigenvalue weighted by molar-refractivity contribution is 5.84. The summed E-state index contributed by atoms with van der Waals surface area (Å²) in [6, 6.07) is 17.9. The smallest absolute Gasteiger partial charge is 0.195 e. The molecule has 0 unspecified atom stereocenters. The van der Waals surface area contributed by atoms with E-state index in [0.717, 1.165) is 36.6 Å². The Morgan fingerprint density at radius 1 is 0.706 bits per heavy atom. The van der Waals surface area contributed by atoms with Crippen LogP contribution in [0.25, 0.3) is 10.8 Å². The van der Waals surface area contributed by atoms with Crippen molar-refractivity contribution in [2.45, 2.75) is 45.4 Å². The van der Waals surface area contributed by atoms with E-state index in [9.17, 15) is 13.2 Å². The summed E-state index contributed by atoms with van der Waals surface area (Å²) in [6.07, 6.45) is 8.56. The summed E-state index contributed by atoms with van der Waals surface area (Å²) < 4.78 is 40.8. The Labute approximate surface area is 198 Å². The molecule has 0 amide bonds. The molecular formula is C30H26F3N.